The highest BCUT2D eigenvalue weighted by atomic mass is 16.6. The van der Waals surface area contributed by atoms with Crippen LogP contribution < -0.4 is 14.2 Å². The Morgan fingerprint density at radius 3 is 2.05 bits per heavy atom. The lowest BCUT2D eigenvalue weighted by atomic mass is 10.1. The van der Waals surface area contributed by atoms with E-state index in [1.54, 1.807) is 26.0 Å². The number of rotatable bonds is 5. The molecule has 19 heavy (non-hydrogen) atoms. The second-order valence-corrected chi connectivity index (χ2v) is 4.33. The van der Waals surface area contributed by atoms with Gasteiger partial charge in [-0.3, -0.25) is 4.79 Å². The van der Waals surface area contributed by atoms with Crippen LogP contribution in [0.3, 0.4) is 0 Å². The number of allylic oxidation sites excluding steroid dienone is 1. The molecule has 1 rings (SSSR count). The Hall–Kier alpha value is -1.97. The van der Waals surface area contributed by atoms with Gasteiger partial charge < -0.3 is 14.2 Å². The molecule has 0 N–H and O–H groups in total. The monoisotopic (exact) mass is 264 g/mol. The Balaban J connectivity index is 3.24. The fourth-order valence-corrected chi connectivity index (χ4v) is 1.51. The smallest absolute Gasteiger partial charge is 0.314 e. The molecule has 0 saturated carbocycles. The fraction of sp³-hybridized carbons (Fsp3) is 0.400. The normalized spacial score (nSPS) is 10.8. The molecular formula is C15H20O4. The highest BCUT2D eigenvalue weighted by Crippen LogP contribution is 2.39. The zero-order valence-electron chi connectivity index (χ0n) is 12.0. The molecule has 0 amide bonds. The first-order valence-electron chi connectivity index (χ1n) is 6.13. The quantitative estimate of drug-likeness (QED) is 0.604. The maximum atomic E-state index is 11.7. The van der Waals surface area contributed by atoms with Gasteiger partial charge in [0.05, 0.1) is 20.1 Å². The first-order chi connectivity index (χ1) is 9.03. The molecule has 104 valence electrons. The van der Waals surface area contributed by atoms with Crippen LogP contribution in [0.25, 0.3) is 6.08 Å². The molecule has 4 nitrogen and oxygen atoms in total. The van der Waals surface area contributed by atoms with E-state index in [0.29, 0.717) is 17.2 Å². The predicted octanol–water partition coefficient (Wildman–Crippen LogP) is 3.30. The topological polar surface area (TPSA) is 44.8 Å². The van der Waals surface area contributed by atoms with Gasteiger partial charge in [-0.1, -0.05) is 26.0 Å². The van der Waals surface area contributed by atoms with Crippen molar-refractivity contribution in [2.45, 2.75) is 20.8 Å². The van der Waals surface area contributed by atoms with Crippen LogP contribution in [0.15, 0.2) is 18.2 Å². The van der Waals surface area contributed by atoms with Crippen molar-refractivity contribution in [3.63, 3.8) is 0 Å². The van der Waals surface area contributed by atoms with Crippen LogP contribution in [0.2, 0.25) is 0 Å². The number of methoxy groups -OCH3 is 2. The first kappa shape index (κ1) is 15.1. The van der Waals surface area contributed by atoms with Crippen LogP contribution in [0.4, 0.5) is 0 Å². The third-order valence-corrected chi connectivity index (χ3v) is 2.52. The summed E-state index contributed by atoms with van der Waals surface area (Å²) in [6.45, 7) is 5.47. The van der Waals surface area contributed by atoms with E-state index >= 15 is 0 Å². The Morgan fingerprint density at radius 2 is 1.68 bits per heavy atom. The van der Waals surface area contributed by atoms with Crippen LogP contribution in [0.1, 0.15) is 26.3 Å². The SMILES string of the molecule is CC=Cc1cc(OC)c(OC(=O)C(C)C)c(OC)c1. The summed E-state index contributed by atoms with van der Waals surface area (Å²) >= 11 is 0. The minimum absolute atomic E-state index is 0.218. The molecule has 0 bridgehead atoms. The summed E-state index contributed by atoms with van der Waals surface area (Å²) in [7, 11) is 3.06. The lowest BCUT2D eigenvalue weighted by Crippen LogP contribution is -2.15. The number of esters is 1. The van der Waals surface area contributed by atoms with E-state index in [2.05, 4.69) is 0 Å². The van der Waals surface area contributed by atoms with Crippen LogP contribution >= 0.6 is 0 Å². The molecule has 0 spiro atoms. The van der Waals surface area contributed by atoms with E-state index in [1.165, 1.54) is 14.2 Å². The van der Waals surface area contributed by atoms with E-state index in [4.69, 9.17) is 14.2 Å². The number of ether oxygens (including phenoxy) is 3. The molecule has 4 heteroatoms. The van der Waals surface area contributed by atoms with Gasteiger partial charge in [0, 0.05) is 0 Å². The molecule has 1 aromatic carbocycles. The number of benzene rings is 1. The molecule has 0 fully saturated rings. The first-order valence-corrected chi connectivity index (χ1v) is 6.13. The van der Waals surface area contributed by atoms with Crippen molar-refractivity contribution >= 4 is 12.0 Å². The van der Waals surface area contributed by atoms with Crippen molar-refractivity contribution in [2.24, 2.45) is 5.92 Å². The van der Waals surface area contributed by atoms with Gasteiger partial charge >= 0.3 is 5.97 Å². The minimum atomic E-state index is -0.324. The van der Waals surface area contributed by atoms with Gasteiger partial charge in [-0.25, -0.2) is 0 Å². The predicted molar refractivity (Wildman–Crippen MR) is 74.7 cm³/mol. The summed E-state index contributed by atoms with van der Waals surface area (Å²) in [4.78, 5) is 11.7. The molecule has 0 aromatic heterocycles. The van der Waals surface area contributed by atoms with Crippen molar-refractivity contribution in [3.05, 3.63) is 23.8 Å². The maximum Gasteiger partial charge on any atom is 0.314 e. The van der Waals surface area contributed by atoms with Crippen molar-refractivity contribution < 1.29 is 19.0 Å². The standard InChI is InChI=1S/C15H20O4/c1-6-7-11-8-12(17-4)14(13(9-11)18-5)19-15(16)10(2)3/h6-10H,1-5H3. The molecule has 0 heterocycles. The summed E-state index contributed by atoms with van der Waals surface area (Å²) in [5, 5.41) is 0. The Morgan fingerprint density at radius 1 is 1.16 bits per heavy atom. The highest BCUT2D eigenvalue weighted by molar-refractivity contribution is 5.77. The largest absolute Gasteiger partial charge is 0.493 e. The zero-order chi connectivity index (χ0) is 14.4. The molecule has 0 atom stereocenters. The number of hydrogen-bond acceptors (Lipinski definition) is 4. The van der Waals surface area contributed by atoms with Crippen LogP contribution in [-0.2, 0) is 4.79 Å². The summed E-state index contributed by atoms with van der Waals surface area (Å²) in [5.74, 6) is 0.722. The van der Waals surface area contributed by atoms with Crippen molar-refractivity contribution in [1.82, 2.24) is 0 Å². The van der Waals surface area contributed by atoms with Gasteiger partial charge in [0.15, 0.2) is 11.5 Å². The van der Waals surface area contributed by atoms with Gasteiger partial charge in [-0.2, -0.15) is 0 Å². The lowest BCUT2D eigenvalue weighted by Gasteiger charge is -2.15. The summed E-state index contributed by atoms with van der Waals surface area (Å²) < 4.78 is 15.9. The van der Waals surface area contributed by atoms with Crippen LogP contribution in [-0.4, -0.2) is 20.2 Å². The molecule has 0 saturated heterocycles. The average Bonchev–Trinajstić information content (AvgIpc) is 2.39. The van der Waals surface area contributed by atoms with Crippen molar-refractivity contribution in [1.29, 1.82) is 0 Å². The summed E-state index contributed by atoms with van der Waals surface area (Å²) in [6, 6.07) is 3.59. The zero-order valence-corrected chi connectivity index (χ0v) is 12.0. The number of hydrogen-bond donors (Lipinski definition) is 0. The van der Waals surface area contributed by atoms with E-state index in [0.717, 1.165) is 5.56 Å². The minimum Gasteiger partial charge on any atom is -0.493 e. The maximum absolute atomic E-state index is 11.7. The van der Waals surface area contributed by atoms with Gasteiger partial charge in [-0.15, -0.1) is 0 Å². The second kappa shape index (κ2) is 6.83. The van der Waals surface area contributed by atoms with Gasteiger partial charge in [0.25, 0.3) is 0 Å². The number of carbonyl (C=O) groups excluding carboxylic acids is 1. The molecule has 0 aliphatic carbocycles. The Bertz CT molecular complexity index is 450. The molecule has 0 aliphatic rings. The summed E-state index contributed by atoms with van der Waals surface area (Å²) in [5.41, 5.74) is 0.917. The van der Waals surface area contributed by atoms with Crippen LogP contribution in [0.5, 0.6) is 17.2 Å². The van der Waals surface area contributed by atoms with Gasteiger partial charge in [-0.05, 0) is 24.6 Å². The highest BCUT2D eigenvalue weighted by Gasteiger charge is 2.18. The Labute approximate surface area is 114 Å². The third kappa shape index (κ3) is 3.74. The fourth-order valence-electron chi connectivity index (χ4n) is 1.51. The van der Waals surface area contributed by atoms with Crippen molar-refractivity contribution in [3.8, 4) is 17.2 Å². The number of carbonyl (C=O) groups is 1. The van der Waals surface area contributed by atoms with E-state index < -0.39 is 0 Å². The van der Waals surface area contributed by atoms with Crippen molar-refractivity contribution in [2.75, 3.05) is 14.2 Å². The summed E-state index contributed by atoms with van der Waals surface area (Å²) in [6.07, 6.45) is 3.83. The van der Waals surface area contributed by atoms with E-state index in [9.17, 15) is 4.79 Å². The molecular weight excluding hydrogens is 244 g/mol. The van der Waals surface area contributed by atoms with Gasteiger partial charge in [0.2, 0.25) is 5.75 Å². The Kier molecular flexibility index (Phi) is 5.42. The molecule has 1 aromatic rings. The van der Waals surface area contributed by atoms with Crippen LogP contribution in [0, 0.1) is 5.92 Å². The van der Waals surface area contributed by atoms with Gasteiger partial charge in [0.1, 0.15) is 0 Å². The lowest BCUT2D eigenvalue weighted by molar-refractivity contribution is -0.138. The third-order valence-electron chi connectivity index (χ3n) is 2.52. The molecule has 0 unspecified atom stereocenters. The average molecular weight is 264 g/mol. The van der Waals surface area contributed by atoms with E-state index in [1.807, 2.05) is 19.1 Å². The molecule has 0 aliphatic heterocycles. The second-order valence-electron chi connectivity index (χ2n) is 4.33. The molecule has 0 radical (unpaired) electrons. The van der Waals surface area contributed by atoms with E-state index in [-0.39, 0.29) is 11.9 Å².